The first-order chi connectivity index (χ1) is 15.5. The van der Waals surface area contributed by atoms with Crippen molar-refractivity contribution >= 4 is 17.9 Å². The van der Waals surface area contributed by atoms with Crippen LogP contribution in [0.3, 0.4) is 0 Å². The zero-order valence-corrected chi connectivity index (χ0v) is 18.0. The summed E-state index contributed by atoms with van der Waals surface area (Å²) in [5.41, 5.74) is 5.35. The van der Waals surface area contributed by atoms with Crippen LogP contribution in [0.15, 0.2) is 59.7 Å². The fraction of sp³-hybridized carbons (Fsp3) is 0.261. The molecule has 1 N–H and O–H groups in total. The molecule has 0 saturated carbocycles. The van der Waals surface area contributed by atoms with Crippen molar-refractivity contribution in [2.75, 3.05) is 6.61 Å². The molecule has 0 aliphatic rings. The van der Waals surface area contributed by atoms with Crippen LogP contribution in [0.4, 0.5) is 5.82 Å². The number of rotatable bonds is 10. The summed E-state index contributed by atoms with van der Waals surface area (Å²) in [6.45, 7) is 4.94. The Hall–Kier alpha value is -4.01. The SMILES string of the molecule is CCCCOc1ccc(/C=N/NC(=O)c2ccc(Cn3nc([N+](=O)[O-])cc3C)cc2)cc1. The number of nitrogens with one attached hydrogen (secondary N) is 1. The molecule has 2 aromatic carbocycles. The predicted octanol–water partition coefficient (Wildman–Crippen LogP) is 4.09. The first-order valence-corrected chi connectivity index (χ1v) is 10.3. The lowest BCUT2D eigenvalue weighted by Crippen LogP contribution is -2.17. The van der Waals surface area contributed by atoms with Crippen LogP contribution >= 0.6 is 0 Å². The maximum Gasteiger partial charge on any atom is 0.390 e. The molecule has 0 unspecified atom stereocenters. The first-order valence-electron chi connectivity index (χ1n) is 10.3. The molecule has 9 nitrogen and oxygen atoms in total. The summed E-state index contributed by atoms with van der Waals surface area (Å²) in [7, 11) is 0. The summed E-state index contributed by atoms with van der Waals surface area (Å²) < 4.78 is 7.17. The number of carbonyl (C=O) groups is 1. The third-order valence-corrected chi connectivity index (χ3v) is 4.73. The Balaban J connectivity index is 1.53. The van der Waals surface area contributed by atoms with E-state index in [4.69, 9.17) is 4.74 Å². The van der Waals surface area contributed by atoms with E-state index < -0.39 is 4.92 Å². The van der Waals surface area contributed by atoms with Gasteiger partial charge in [-0.25, -0.2) is 5.43 Å². The van der Waals surface area contributed by atoms with E-state index in [2.05, 4.69) is 22.5 Å². The van der Waals surface area contributed by atoms with Gasteiger partial charge in [0.1, 0.15) is 5.75 Å². The summed E-state index contributed by atoms with van der Waals surface area (Å²) in [5.74, 6) is 0.285. The van der Waals surface area contributed by atoms with Crippen LogP contribution in [0.2, 0.25) is 0 Å². The minimum atomic E-state index is -0.521. The second-order valence-electron chi connectivity index (χ2n) is 7.23. The van der Waals surface area contributed by atoms with Crippen molar-refractivity contribution < 1.29 is 14.5 Å². The lowest BCUT2D eigenvalue weighted by atomic mass is 10.1. The molecule has 0 aliphatic carbocycles. The molecule has 32 heavy (non-hydrogen) atoms. The monoisotopic (exact) mass is 435 g/mol. The van der Waals surface area contributed by atoms with E-state index in [1.807, 2.05) is 24.3 Å². The molecule has 166 valence electrons. The standard InChI is InChI=1S/C23H25N5O4/c1-3-4-13-32-21-11-7-18(8-12-21)15-24-25-23(29)20-9-5-19(6-10-20)16-27-17(2)14-22(26-27)28(30)31/h5-12,14-15H,3-4,13,16H2,1-2H3,(H,25,29)/b24-15+. The molecule has 1 heterocycles. The van der Waals surface area contributed by atoms with Gasteiger partial charge in [-0.2, -0.15) is 9.78 Å². The molecule has 9 heteroatoms. The molecule has 3 aromatic rings. The van der Waals surface area contributed by atoms with Gasteiger partial charge in [0.2, 0.25) is 0 Å². The topological polar surface area (TPSA) is 112 Å². The van der Waals surface area contributed by atoms with Gasteiger partial charge in [0.25, 0.3) is 5.91 Å². The Labute approximate surface area is 185 Å². The summed E-state index contributed by atoms with van der Waals surface area (Å²) >= 11 is 0. The van der Waals surface area contributed by atoms with E-state index in [9.17, 15) is 14.9 Å². The summed E-state index contributed by atoms with van der Waals surface area (Å²) in [5, 5.41) is 18.8. The molecule has 0 aliphatic heterocycles. The van der Waals surface area contributed by atoms with Crippen molar-refractivity contribution in [3.63, 3.8) is 0 Å². The highest BCUT2D eigenvalue weighted by atomic mass is 16.6. The number of aromatic nitrogens is 2. The van der Waals surface area contributed by atoms with Crippen molar-refractivity contribution in [1.82, 2.24) is 15.2 Å². The van der Waals surface area contributed by atoms with Crippen LogP contribution in [0.5, 0.6) is 5.75 Å². The van der Waals surface area contributed by atoms with Crippen LogP contribution in [0, 0.1) is 17.0 Å². The van der Waals surface area contributed by atoms with E-state index in [1.165, 1.54) is 6.07 Å². The van der Waals surface area contributed by atoms with Gasteiger partial charge < -0.3 is 14.9 Å². The van der Waals surface area contributed by atoms with E-state index in [0.29, 0.717) is 24.4 Å². The van der Waals surface area contributed by atoms with E-state index in [0.717, 1.165) is 29.7 Å². The second kappa shape index (κ2) is 10.9. The maximum atomic E-state index is 12.3. The van der Waals surface area contributed by atoms with Gasteiger partial charge in [-0.15, -0.1) is 0 Å². The number of benzene rings is 2. The van der Waals surface area contributed by atoms with Gasteiger partial charge in [0, 0.05) is 5.56 Å². The van der Waals surface area contributed by atoms with Crippen molar-refractivity contribution in [2.45, 2.75) is 33.2 Å². The van der Waals surface area contributed by atoms with Crippen LogP contribution in [0.1, 0.15) is 46.9 Å². The Kier molecular flexibility index (Phi) is 7.69. The van der Waals surface area contributed by atoms with Crippen molar-refractivity contribution in [3.8, 4) is 5.75 Å². The number of amides is 1. The number of nitrogens with zero attached hydrogens (tertiary/aromatic N) is 4. The summed E-state index contributed by atoms with van der Waals surface area (Å²) in [6, 6.07) is 15.8. The molecule has 1 amide bonds. The van der Waals surface area contributed by atoms with E-state index in [1.54, 1.807) is 42.1 Å². The Morgan fingerprint density at radius 1 is 1.22 bits per heavy atom. The molecule has 0 atom stereocenters. The Morgan fingerprint density at radius 3 is 2.56 bits per heavy atom. The maximum absolute atomic E-state index is 12.3. The Morgan fingerprint density at radius 2 is 1.94 bits per heavy atom. The number of hydrazone groups is 1. The quantitative estimate of drug-likeness (QED) is 0.223. The summed E-state index contributed by atoms with van der Waals surface area (Å²) in [6.07, 6.45) is 3.67. The third-order valence-electron chi connectivity index (χ3n) is 4.73. The van der Waals surface area contributed by atoms with Crippen molar-refractivity contribution in [1.29, 1.82) is 0 Å². The highest BCUT2D eigenvalue weighted by Crippen LogP contribution is 2.14. The van der Waals surface area contributed by atoms with Crippen molar-refractivity contribution in [2.24, 2.45) is 5.10 Å². The summed E-state index contributed by atoms with van der Waals surface area (Å²) in [4.78, 5) is 22.6. The molecular weight excluding hydrogens is 410 g/mol. The van der Waals surface area contributed by atoms with Gasteiger partial charge in [-0.3, -0.25) is 4.79 Å². The van der Waals surface area contributed by atoms with Crippen LogP contribution < -0.4 is 10.2 Å². The smallest absolute Gasteiger partial charge is 0.390 e. The zero-order chi connectivity index (χ0) is 22.9. The lowest BCUT2D eigenvalue weighted by Gasteiger charge is -2.05. The number of aryl methyl sites for hydroxylation is 1. The largest absolute Gasteiger partial charge is 0.494 e. The number of hydrogen-bond donors (Lipinski definition) is 1. The van der Waals surface area contributed by atoms with Crippen LogP contribution in [-0.4, -0.2) is 33.4 Å². The van der Waals surface area contributed by atoms with Gasteiger partial charge in [-0.1, -0.05) is 25.5 Å². The molecule has 1 aromatic heterocycles. The van der Waals surface area contributed by atoms with Crippen LogP contribution in [-0.2, 0) is 6.54 Å². The molecule has 0 bridgehead atoms. The number of ether oxygens (including phenoxy) is 1. The number of nitro groups is 1. The average molecular weight is 435 g/mol. The average Bonchev–Trinajstić information content (AvgIpc) is 3.16. The second-order valence-corrected chi connectivity index (χ2v) is 7.23. The highest BCUT2D eigenvalue weighted by molar-refractivity contribution is 5.94. The first kappa shape index (κ1) is 22.7. The minimum Gasteiger partial charge on any atom is -0.494 e. The van der Waals surface area contributed by atoms with Gasteiger partial charge >= 0.3 is 5.82 Å². The Bertz CT molecular complexity index is 1090. The zero-order valence-electron chi connectivity index (χ0n) is 18.0. The normalized spacial score (nSPS) is 10.9. The fourth-order valence-electron chi connectivity index (χ4n) is 2.89. The predicted molar refractivity (Wildman–Crippen MR) is 121 cm³/mol. The van der Waals surface area contributed by atoms with E-state index in [-0.39, 0.29) is 11.7 Å². The number of unbranched alkanes of at least 4 members (excludes halogenated alkanes) is 1. The molecule has 0 saturated heterocycles. The number of carbonyl (C=O) groups excluding carboxylic acids is 1. The molecule has 0 radical (unpaired) electrons. The van der Waals surface area contributed by atoms with Crippen LogP contribution in [0.25, 0.3) is 0 Å². The van der Waals surface area contributed by atoms with E-state index >= 15 is 0 Å². The molecule has 3 rings (SSSR count). The molecular formula is C23H25N5O4. The lowest BCUT2D eigenvalue weighted by molar-refractivity contribution is -0.389. The van der Waals surface area contributed by atoms with Crippen molar-refractivity contribution in [3.05, 3.63) is 87.1 Å². The van der Waals surface area contributed by atoms with Gasteiger partial charge in [0.05, 0.1) is 36.2 Å². The fourth-order valence-corrected chi connectivity index (χ4v) is 2.89. The van der Waals surface area contributed by atoms with Gasteiger partial charge in [0.15, 0.2) is 0 Å². The number of hydrogen-bond acceptors (Lipinski definition) is 6. The highest BCUT2D eigenvalue weighted by Gasteiger charge is 2.15. The van der Waals surface area contributed by atoms with Gasteiger partial charge in [-0.05, 0) is 65.8 Å². The minimum absolute atomic E-state index is 0.185. The molecule has 0 spiro atoms. The molecule has 0 fully saturated rings. The third kappa shape index (κ3) is 6.24.